The van der Waals surface area contributed by atoms with Gasteiger partial charge < -0.3 is 18.9 Å². The quantitative estimate of drug-likeness (QED) is 0.209. The molecule has 0 heterocycles. The highest BCUT2D eigenvalue weighted by Gasteiger charge is 2.14. The molecule has 0 aliphatic carbocycles. The molecule has 0 bridgehead atoms. The first kappa shape index (κ1) is 24.6. The van der Waals surface area contributed by atoms with Gasteiger partial charge in [0.25, 0.3) is 5.91 Å². The minimum atomic E-state index is -0.753. The van der Waals surface area contributed by atoms with Crippen LogP contribution in [0.25, 0.3) is 0 Å². The molecule has 176 valence electrons. The lowest BCUT2D eigenvalue weighted by molar-refractivity contribution is -0.127. The van der Waals surface area contributed by atoms with Gasteiger partial charge in [0.05, 0.1) is 26.0 Å². The second kappa shape index (κ2) is 11.7. The summed E-state index contributed by atoms with van der Waals surface area (Å²) in [6.45, 7) is 1.61. The van der Waals surface area contributed by atoms with E-state index in [0.717, 1.165) is 0 Å². The predicted octanol–water partition coefficient (Wildman–Crippen LogP) is 4.49. The average Bonchev–Trinajstić information content (AvgIpc) is 2.85. The topological polar surface area (TPSA) is 95.5 Å². The van der Waals surface area contributed by atoms with Crippen molar-refractivity contribution in [3.63, 3.8) is 0 Å². The Bertz CT molecular complexity index is 1160. The summed E-state index contributed by atoms with van der Waals surface area (Å²) >= 11 is 5.83. The van der Waals surface area contributed by atoms with Gasteiger partial charge in [0.15, 0.2) is 17.6 Å². The number of methoxy groups -OCH3 is 2. The summed E-state index contributed by atoms with van der Waals surface area (Å²) in [6.07, 6.45) is 0.712. The largest absolute Gasteiger partial charge is 0.493 e. The summed E-state index contributed by atoms with van der Waals surface area (Å²) < 4.78 is 21.3. The van der Waals surface area contributed by atoms with E-state index in [1.165, 1.54) is 20.4 Å². The molecule has 0 saturated carbocycles. The highest BCUT2D eigenvalue weighted by atomic mass is 35.5. The van der Waals surface area contributed by atoms with Crippen LogP contribution in [0.1, 0.15) is 22.8 Å². The van der Waals surface area contributed by atoms with Gasteiger partial charge in [-0.3, -0.25) is 4.79 Å². The maximum atomic E-state index is 12.4. The summed E-state index contributed by atoms with van der Waals surface area (Å²) in [5.74, 6) is 0.871. The zero-order valence-corrected chi connectivity index (χ0v) is 19.5. The van der Waals surface area contributed by atoms with E-state index in [0.29, 0.717) is 39.1 Å². The van der Waals surface area contributed by atoms with E-state index in [9.17, 15) is 9.59 Å². The van der Waals surface area contributed by atoms with E-state index < -0.39 is 18.0 Å². The van der Waals surface area contributed by atoms with Gasteiger partial charge in [0, 0.05) is 5.02 Å². The SMILES string of the molecule is COc1ccc(C(=O)Oc2ccc(/C=N/NC(=O)C(C)Oc3ccc(Cl)cc3)cc2)cc1OC. The molecule has 3 aromatic rings. The number of halogens is 1. The normalized spacial score (nSPS) is 11.5. The van der Waals surface area contributed by atoms with Gasteiger partial charge in [-0.25, -0.2) is 10.2 Å². The van der Waals surface area contributed by atoms with E-state index in [4.69, 9.17) is 30.5 Å². The van der Waals surface area contributed by atoms with Crippen molar-refractivity contribution < 1.29 is 28.5 Å². The molecule has 1 amide bonds. The summed E-state index contributed by atoms with van der Waals surface area (Å²) in [6, 6.07) is 18.1. The summed E-state index contributed by atoms with van der Waals surface area (Å²) in [4.78, 5) is 24.6. The Kier molecular flexibility index (Phi) is 8.48. The Labute approximate surface area is 202 Å². The minimum absolute atomic E-state index is 0.320. The van der Waals surface area contributed by atoms with Crippen molar-refractivity contribution in [3.05, 3.63) is 82.9 Å². The number of nitrogens with zero attached hydrogens (tertiary/aromatic N) is 1. The van der Waals surface area contributed by atoms with E-state index in [-0.39, 0.29) is 0 Å². The molecule has 1 N–H and O–H groups in total. The highest BCUT2D eigenvalue weighted by Crippen LogP contribution is 2.28. The van der Waals surface area contributed by atoms with Crippen LogP contribution in [-0.4, -0.2) is 38.4 Å². The third-order valence-corrected chi connectivity index (χ3v) is 4.85. The first-order chi connectivity index (χ1) is 16.4. The van der Waals surface area contributed by atoms with Crippen LogP contribution in [0.3, 0.4) is 0 Å². The van der Waals surface area contributed by atoms with Crippen LogP contribution < -0.4 is 24.4 Å². The Morgan fingerprint density at radius 3 is 2.21 bits per heavy atom. The lowest BCUT2D eigenvalue weighted by Crippen LogP contribution is -2.33. The van der Waals surface area contributed by atoms with Crippen molar-refractivity contribution in [2.75, 3.05) is 14.2 Å². The fourth-order valence-corrected chi connectivity index (χ4v) is 2.91. The van der Waals surface area contributed by atoms with Gasteiger partial charge in [0.2, 0.25) is 0 Å². The molecule has 9 heteroatoms. The molecule has 0 aliphatic rings. The number of carbonyl (C=O) groups excluding carboxylic acids is 2. The van der Waals surface area contributed by atoms with Crippen molar-refractivity contribution >= 4 is 29.7 Å². The van der Waals surface area contributed by atoms with Crippen molar-refractivity contribution in [1.29, 1.82) is 0 Å². The summed E-state index contributed by atoms with van der Waals surface area (Å²) in [7, 11) is 3.00. The van der Waals surface area contributed by atoms with Crippen LogP contribution in [0, 0.1) is 0 Å². The highest BCUT2D eigenvalue weighted by molar-refractivity contribution is 6.30. The van der Waals surface area contributed by atoms with Crippen LogP contribution in [0.15, 0.2) is 71.8 Å². The van der Waals surface area contributed by atoms with Gasteiger partial charge in [-0.15, -0.1) is 0 Å². The zero-order chi connectivity index (χ0) is 24.5. The maximum absolute atomic E-state index is 12.4. The molecule has 0 spiro atoms. The molecule has 34 heavy (non-hydrogen) atoms. The van der Waals surface area contributed by atoms with Crippen LogP contribution in [0.5, 0.6) is 23.0 Å². The van der Waals surface area contributed by atoms with Crippen molar-refractivity contribution in [2.45, 2.75) is 13.0 Å². The molecule has 1 unspecified atom stereocenters. The second-order valence-electron chi connectivity index (χ2n) is 6.98. The number of rotatable bonds is 9. The number of nitrogens with one attached hydrogen (secondary N) is 1. The first-order valence-electron chi connectivity index (χ1n) is 10.2. The van der Waals surface area contributed by atoms with Crippen molar-refractivity contribution in [1.82, 2.24) is 5.43 Å². The molecule has 0 fully saturated rings. The third kappa shape index (κ3) is 6.73. The fraction of sp³-hybridized carbons (Fsp3) is 0.160. The molecule has 3 aromatic carbocycles. The molecule has 0 aromatic heterocycles. The standard InChI is InChI=1S/C25H23ClN2O6/c1-16(33-20-11-7-19(26)8-12-20)24(29)28-27-15-17-4-9-21(10-5-17)34-25(30)18-6-13-22(31-2)23(14-18)32-3/h4-16H,1-3H3,(H,28,29)/b27-15+. The minimum Gasteiger partial charge on any atom is -0.493 e. The Morgan fingerprint density at radius 2 is 1.56 bits per heavy atom. The van der Waals surface area contributed by atoms with Crippen molar-refractivity contribution in [3.8, 4) is 23.0 Å². The number of hydrogen-bond donors (Lipinski definition) is 1. The molecule has 0 aliphatic heterocycles. The van der Waals surface area contributed by atoms with Crippen LogP contribution in [0.4, 0.5) is 0 Å². The molecule has 0 radical (unpaired) electrons. The Morgan fingerprint density at radius 1 is 0.912 bits per heavy atom. The van der Waals surface area contributed by atoms with E-state index >= 15 is 0 Å². The van der Waals surface area contributed by atoms with E-state index in [1.54, 1.807) is 73.7 Å². The number of carbonyl (C=O) groups is 2. The van der Waals surface area contributed by atoms with E-state index in [2.05, 4.69) is 10.5 Å². The number of hydrazone groups is 1. The van der Waals surface area contributed by atoms with Gasteiger partial charge in [0.1, 0.15) is 11.5 Å². The van der Waals surface area contributed by atoms with Gasteiger partial charge in [-0.05, 0) is 79.2 Å². The van der Waals surface area contributed by atoms with Gasteiger partial charge in [-0.1, -0.05) is 11.6 Å². The first-order valence-corrected chi connectivity index (χ1v) is 10.6. The number of amides is 1. The number of esters is 1. The van der Waals surface area contributed by atoms with Crippen LogP contribution >= 0.6 is 11.6 Å². The molecular weight excluding hydrogens is 460 g/mol. The lowest BCUT2D eigenvalue weighted by atomic mass is 10.2. The van der Waals surface area contributed by atoms with E-state index in [1.807, 2.05) is 0 Å². The summed E-state index contributed by atoms with van der Waals surface area (Å²) in [5.41, 5.74) is 3.44. The Balaban J connectivity index is 1.52. The zero-order valence-electron chi connectivity index (χ0n) is 18.8. The molecule has 8 nitrogen and oxygen atoms in total. The summed E-state index contributed by atoms with van der Waals surface area (Å²) in [5, 5.41) is 4.51. The second-order valence-corrected chi connectivity index (χ2v) is 7.41. The Hall–Kier alpha value is -4.04. The van der Waals surface area contributed by atoms with Gasteiger partial charge >= 0.3 is 5.97 Å². The smallest absolute Gasteiger partial charge is 0.343 e. The van der Waals surface area contributed by atoms with Gasteiger partial charge in [-0.2, -0.15) is 5.10 Å². The third-order valence-electron chi connectivity index (χ3n) is 4.59. The number of hydrogen-bond acceptors (Lipinski definition) is 7. The maximum Gasteiger partial charge on any atom is 0.343 e. The lowest BCUT2D eigenvalue weighted by Gasteiger charge is -2.12. The molecule has 3 rings (SSSR count). The molecule has 1 atom stereocenters. The number of benzene rings is 3. The van der Waals surface area contributed by atoms with Crippen LogP contribution in [0.2, 0.25) is 5.02 Å². The van der Waals surface area contributed by atoms with Crippen LogP contribution in [-0.2, 0) is 4.79 Å². The fourth-order valence-electron chi connectivity index (χ4n) is 2.78. The predicted molar refractivity (Wildman–Crippen MR) is 128 cm³/mol. The number of ether oxygens (including phenoxy) is 4. The molecule has 0 saturated heterocycles. The average molecular weight is 483 g/mol. The van der Waals surface area contributed by atoms with Crippen molar-refractivity contribution in [2.24, 2.45) is 5.10 Å². The molecular formula is C25H23ClN2O6. The monoisotopic (exact) mass is 482 g/mol.